The van der Waals surface area contributed by atoms with Crippen LogP contribution in [-0.4, -0.2) is 22.6 Å². The minimum Gasteiger partial charge on any atom is -0.225 e. The molecule has 2 N–H and O–H groups in total. The van der Waals surface area contributed by atoms with Gasteiger partial charge in [-0.05, 0) is 18.2 Å². The molecule has 0 heterocycles. The second kappa shape index (κ2) is 4.11. The molecule has 0 amide bonds. The Morgan fingerprint density at radius 3 is 2.25 bits per heavy atom. The first-order valence-corrected chi connectivity index (χ1v) is 7.43. The number of sulfonamides is 1. The van der Waals surface area contributed by atoms with Crippen molar-refractivity contribution in [3.8, 4) is 0 Å². The average molecular weight is 267 g/mol. The monoisotopic (exact) mass is 267 g/mol. The largest absolute Gasteiger partial charge is 0.238 e. The normalized spacial score (nSPS) is 12.7. The Hall–Kier alpha value is -0.990. The fourth-order valence-corrected chi connectivity index (χ4v) is 2.65. The van der Waals surface area contributed by atoms with Gasteiger partial charge in [0.2, 0.25) is 10.0 Å². The first kappa shape index (κ1) is 13.1. The fourth-order valence-electron chi connectivity index (χ4n) is 1.05. The van der Waals surface area contributed by atoms with Gasteiger partial charge in [0.05, 0.1) is 10.6 Å². The molecule has 0 spiro atoms. The molecule has 0 aromatic heterocycles. The van der Waals surface area contributed by atoms with Crippen molar-refractivity contribution in [3.05, 3.63) is 24.0 Å². The van der Waals surface area contributed by atoms with Gasteiger partial charge in [0, 0.05) is 0 Å². The van der Waals surface area contributed by atoms with Crippen LogP contribution in [0.15, 0.2) is 28.0 Å². The molecule has 0 radical (unpaired) electrons. The van der Waals surface area contributed by atoms with E-state index in [1.807, 2.05) is 0 Å². The molecule has 5 nitrogen and oxygen atoms in total. The van der Waals surface area contributed by atoms with Crippen LogP contribution in [0.5, 0.6) is 0 Å². The van der Waals surface area contributed by atoms with E-state index in [1.165, 1.54) is 6.92 Å². The van der Waals surface area contributed by atoms with Gasteiger partial charge in [-0.3, -0.25) is 0 Å². The summed E-state index contributed by atoms with van der Waals surface area (Å²) >= 11 is 0. The minimum absolute atomic E-state index is 0.321. The second-order valence-electron chi connectivity index (χ2n) is 3.04. The maximum atomic E-state index is 13.2. The van der Waals surface area contributed by atoms with Gasteiger partial charge in [-0.25, -0.2) is 26.4 Å². The van der Waals surface area contributed by atoms with Crippen molar-refractivity contribution in [2.45, 2.75) is 16.7 Å². The summed E-state index contributed by atoms with van der Waals surface area (Å²) in [5, 5.41) is 4.82. The van der Waals surface area contributed by atoms with Crippen molar-refractivity contribution in [3.63, 3.8) is 0 Å². The maximum absolute atomic E-state index is 13.2. The lowest BCUT2D eigenvalue weighted by atomic mass is 10.3. The van der Waals surface area contributed by atoms with Gasteiger partial charge in [-0.2, -0.15) is 0 Å². The number of halogens is 1. The topological polar surface area (TPSA) is 94.3 Å². The van der Waals surface area contributed by atoms with Gasteiger partial charge in [0.15, 0.2) is 9.84 Å². The van der Waals surface area contributed by atoms with Crippen molar-refractivity contribution in [1.82, 2.24) is 0 Å². The molecule has 0 saturated carbocycles. The lowest BCUT2D eigenvalue weighted by molar-refractivity contribution is 0.565. The molecule has 16 heavy (non-hydrogen) atoms. The van der Waals surface area contributed by atoms with Crippen LogP contribution in [0.2, 0.25) is 0 Å². The first-order valence-electron chi connectivity index (χ1n) is 4.23. The van der Waals surface area contributed by atoms with Crippen molar-refractivity contribution < 1.29 is 21.2 Å². The highest BCUT2D eigenvalue weighted by Gasteiger charge is 2.20. The van der Waals surface area contributed by atoms with Crippen LogP contribution in [0.1, 0.15) is 6.92 Å². The van der Waals surface area contributed by atoms with E-state index in [0.717, 1.165) is 18.2 Å². The Morgan fingerprint density at radius 1 is 1.25 bits per heavy atom. The van der Waals surface area contributed by atoms with E-state index in [4.69, 9.17) is 5.14 Å². The highest BCUT2D eigenvalue weighted by Crippen LogP contribution is 2.19. The van der Waals surface area contributed by atoms with E-state index in [1.54, 1.807) is 0 Å². The fraction of sp³-hybridized carbons (Fsp3) is 0.250. The zero-order valence-corrected chi connectivity index (χ0v) is 9.98. The van der Waals surface area contributed by atoms with Crippen LogP contribution in [0.4, 0.5) is 4.39 Å². The predicted molar refractivity (Wildman–Crippen MR) is 55.5 cm³/mol. The third-order valence-electron chi connectivity index (χ3n) is 1.95. The molecule has 1 rings (SSSR count). The van der Waals surface area contributed by atoms with Crippen LogP contribution < -0.4 is 5.14 Å². The molecular weight excluding hydrogens is 257 g/mol. The van der Waals surface area contributed by atoms with Crippen molar-refractivity contribution in [2.24, 2.45) is 5.14 Å². The molecular formula is C8H10FNO4S2. The number of benzene rings is 1. The summed E-state index contributed by atoms with van der Waals surface area (Å²) in [6.07, 6.45) is 0. The van der Waals surface area contributed by atoms with E-state index in [0.29, 0.717) is 0 Å². The van der Waals surface area contributed by atoms with Crippen LogP contribution in [0, 0.1) is 5.82 Å². The molecule has 0 atom stereocenters. The quantitative estimate of drug-likeness (QED) is 0.850. The Balaban J connectivity index is 3.54. The highest BCUT2D eigenvalue weighted by molar-refractivity contribution is 7.91. The van der Waals surface area contributed by atoms with Gasteiger partial charge in [-0.1, -0.05) is 6.92 Å². The van der Waals surface area contributed by atoms with Crippen LogP contribution >= 0.6 is 0 Å². The van der Waals surface area contributed by atoms with Crippen molar-refractivity contribution in [1.29, 1.82) is 0 Å². The predicted octanol–water partition coefficient (Wildman–Crippen LogP) is 0.267. The number of sulfone groups is 1. The maximum Gasteiger partial charge on any atom is 0.238 e. The van der Waals surface area contributed by atoms with Gasteiger partial charge in [0.25, 0.3) is 0 Å². The summed E-state index contributed by atoms with van der Waals surface area (Å²) in [6.45, 7) is 1.33. The van der Waals surface area contributed by atoms with E-state index in [2.05, 4.69) is 0 Å². The zero-order valence-electron chi connectivity index (χ0n) is 8.34. The number of rotatable bonds is 3. The molecule has 0 saturated heterocycles. The summed E-state index contributed by atoms with van der Waals surface area (Å²) in [7, 11) is -7.85. The van der Waals surface area contributed by atoms with Crippen molar-refractivity contribution >= 4 is 19.9 Å². The molecule has 0 aliphatic heterocycles. The SMILES string of the molecule is CCS(=O)(=O)c1cc(S(N)(=O)=O)ccc1F. The summed E-state index contributed by atoms with van der Waals surface area (Å²) in [5.74, 6) is -1.31. The molecule has 1 aromatic carbocycles. The molecule has 90 valence electrons. The van der Waals surface area contributed by atoms with E-state index in [9.17, 15) is 21.2 Å². The van der Waals surface area contributed by atoms with Gasteiger partial charge < -0.3 is 0 Å². The summed E-state index contributed by atoms with van der Waals surface area (Å²) in [6, 6.07) is 2.41. The van der Waals surface area contributed by atoms with E-state index >= 15 is 0 Å². The highest BCUT2D eigenvalue weighted by atomic mass is 32.2. The molecule has 0 aliphatic rings. The number of nitrogens with two attached hydrogens (primary N) is 1. The Morgan fingerprint density at radius 2 is 1.81 bits per heavy atom. The lowest BCUT2D eigenvalue weighted by Gasteiger charge is -2.05. The summed E-state index contributed by atoms with van der Waals surface area (Å²) in [5.41, 5.74) is 0. The zero-order chi connectivity index (χ0) is 12.6. The van der Waals surface area contributed by atoms with Crippen LogP contribution in [-0.2, 0) is 19.9 Å². The Labute approximate surface area is 93.1 Å². The average Bonchev–Trinajstić information content (AvgIpc) is 2.16. The summed E-state index contributed by atoms with van der Waals surface area (Å²) < 4.78 is 58.0. The van der Waals surface area contributed by atoms with Gasteiger partial charge in [0.1, 0.15) is 10.7 Å². The van der Waals surface area contributed by atoms with Crippen LogP contribution in [0.25, 0.3) is 0 Å². The molecule has 0 aliphatic carbocycles. The molecule has 0 unspecified atom stereocenters. The standard InChI is InChI=1S/C8H10FNO4S2/c1-2-15(11,12)8-5-6(16(10,13)14)3-4-7(8)9/h3-5H,2H2,1H3,(H2,10,13,14). The number of hydrogen-bond acceptors (Lipinski definition) is 4. The van der Waals surface area contributed by atoms with Gasteiger partial charge in [-0.15, -0.1) is 0 Å². The second-order valence-corrected chi connectivity index (χ2v) is 6.85. The summed E-state index contributed by atoms with van der Waals surface area (Å²) in [4.78, 5) is -1.08. The lowest BCUT2D eigenvalue weighted by Crippen LogP contribution is -2.14. The molecule has 0 fully saturated rings. The van der Waals surface area contributed by atoms with Gasteiger partial charge >= 0.3 is 0 Å². The minimum atomic E-state index is -4.04. The molecule has 8 heteroatoms. The molecule has 1 aromatic rings. The van der Waals surface area contributed by atoms with Crippen molar-refractivity contribution in [2.75, 3.05) is 5.75 Å². The van der Waals surface area contributed by atoms with Crippen LogP contribution in [0.3, 0.4) is 0 Å². The number of primary sulfonamides is 1. The third-order valence-corrected chi connectivity index (χ3v) is 4.60. The van der Waals surface area contributed by atoms with E-state index in [-0.39, 0.29) is 5.75 Å². The number of hydrogen-bond donors (Lipinski definition) is 1. The smallest absolute Gasteiger partial charge is 0.225 e. The van der Waals surface area contributed by atoms with E-state index < -0.39 is 35.5 Å². The third kappa shape index (κ3) is 2.57. The first-order chi connectivity index (χ1) is 7.18. The Bertz CT molecular complexity index is 607. The Kier molecular flexibility index (Phi) is 3.36. The molecule has 0 bridgehead atoms.